The molecule has 4 aromatic rings. The summed E-state index contributed by atoms with van der Waals surface area (Å²) < 4.78 is 20.6. The van der Waals surface area contributed by atoms with Gasteiger partial charge in [0, 0.05) is 12.1 Å². The molecule has 12 heteroatoms. The minimum Gasteiger partial charge on any atom is -0.423 e. The summed E-state index contributed by atoms with van der Waals surface area (Å²) in [6.07, 6.45) is 5.51. The molecule has 11 nitrogen and oxygen atoms in total. The molecule has 3 heterocycles. The van der Waals surface area contributed by atoms with E-state index in [1.54, 1.807) is 4.68 Å². The van der Waals surface area contributed by atoms with E-state index in [9.17, 15) is 14.0 Å². The number of hydrogen-bond donors (Lipinski definition) is 3. The van der Waals surface area contributed by atoms with Gasteiger partial charge < -0.3 is 15.5 Å². The summed E-state index contributed by atoms with van der Waals surface area (Å²) in [5, 5.41) is 10.3. The van der Waals surface area contributed by atoms with Crippen molar-refractivity contribution in [2.45, 2.75) is 37.8 Å². The van der Waals surface area contributed by atoms with Crippen LogP contribution in [0.5, 0.6) is 0 Å². The van der Waals surface area contributed by atoms with Crippen LogP contribution in [0.15, 0.2) is 41.6 Å². The van der Waals surface area contributed by atoms with Crippen molar-refractivity contribution >= 4 is 45.8 Å². The Kier molecular flexibility index (Phi) is 5.40. The summed E-state index contributed by atoms with van der Waals surface area (Å²) >= 11 is 0. The van der Waals surface area contributed by atoms with Crippen LogP contribution in [0.25, 0.3) is 22.1 Å². The lowest BCUT2D eigenvalue weighted by atomic mass is 9.91. The van der Waals surface area contributed by atoms with E-state index in [4.69, 9.17) is 10.2 Å². The number of nitrogens with one attached hydrogen (secondary N) is 2. The zero-order valence-corrected chi connectivity index (χ0v) is 18.0. The van der Waals surface area contributed by atoms with Crippen molar-refractivity contribution in [3.63, 3.8) is 0 Å². The fraction of sp³-hybridized carbons (Fsp3) is 0.273. The van der Waals surface area contributed by atoms with Crippen LogP contribution in [-0.2, 0) is 4.79 Å². The first kappa shape index (κ1) is 21.5. The molecule has 1 aliphatic carbocycles. The Labute approximate surface area is 192 Å². The number of aromatic nitrogens is 5. The Morgan fingerprint density at radius 2 is 2.03 bits per heavy atom. The smallest absolute Gasteiger partial charge is 0.302 e. The van der Waals surface area contributed by atoms with Crippen LogP contribution >= 0.6 is 0 Å². The average Bonchev–Trinajstić information content (AvgIpc) is 3.41. The molecule has 1 aromatic carbocycles. The highest BCUT2D eigenvalue weighted by Crippen LogP contribution is 2.33. The maximum atomic E-state index is 13.4. The first-order chi connectivity index (χ1) is 16.4. The highest BCUT2D eigenvalue weighted by molar-refractivity contribution is 6.12. The summed E-state index contributed by atoms with van der Waals surface area (Å²) in [5.41, 5.74) is 7.15. The zero-order chi connectivity index (χ0) is 23.8. The van der Waals surface area contributed by atoms with Crippen molar-refractivity contribution in [2.75, 3.05) is 11.1 Å². The molecule has 2 amide bonds. The molecular formula is C22H21FN8O3. The summed E-state index contributed by atoms with van der Waals surface area (Å²) in [7, 11) is 0. The lowest BCUT2D eigenvalue weighted by Gasteiger charge is -2.29. The number of carbonyl (C=O) groups excluding carboxylic acids is 2. The number of amides is 2. The monoisotopic (exact) mass is 464 g/mol. The van der Waals surface area contributed by atoms with Crippen molar-refractivity contribution in [3.05, 3.63) is 48.7 Å². The van der Waals surface area contributed by atoms with Gasteiger partial charge in [-0.2, -0.15) is 10.1 Å². The number of hydrogen-bond acceptors (Lipinski definition) is 8. The van der Waals surface area contributed by atoms with E-state index in [0.29, 0.717) is 16.6 Å². The van der Waals surface area contributed by atoms with Crippen LogP contribution in [0.4, 0.5) is 16.2 Å². The largest absolute Gasteiger partial charge is 0.423 e. The third-order valence-electron chi connectivity index (χ3n) is 5.88. The van der Waals surface area contributed by atoms with E-state index in [1.807, 2.05) is 0 Å². The van der Waals surface area contributed by atoms with E-state index in [2.05, 4.69) is 37.3 Å². The molecule has 1 fully saturated rings. The molecule has 4 N–H and O–H groups in total. The Morgan fingerprint density at radius 1 is 1.24 bits per heavy atom. The van der Waals surface area contributed by atoms with Crippen LogP contribution in [0, 0.1) is 5.82 Å². The number of rotatable bonds is 5. The zero-order valence-electron chi connectivity index (χ0n) is 18.0. The third-order valence-corrected chi connectivity index (χ3v) is 5.88. The summed E-state index contributed by atoms with van der Waals surface area (Å²) in [5.74, 6) is -1.15. The number of nitrogen functional groups attached to an aromatic ring is 1. The van der Waals surface area contributed by atoms with E-state index < -0.39 is 11.7 Å². The van der Waals surface area contributed by atoms with Gasteiger partial charge in [-0.25, -0.2) is 19.0 Å². The molecule has 34 heavy (non-hydrogen) atoms. The Balaban J connectivity index is 1.42. The van der Waals surface area contributed by atoms with Crippen LogP contribution in [-0.4, -0.2) is 42.6 Å². The first-order valence-electron chi connectivity index (χ1n) is 10.7. The van der Waals surface area contributed by atoms with Crippen molar-refractivity contribution in [1.29, 1.82) is 0 Å². The summed E-state index contributed by atoms with van der Waals surface area (Å²) in [6.45, 7) is 3.48. The van der Waals surface area contributed by atoms with Gasteiger partial charge in [-0.15, -0.1) is 0 Å². The molecule has 1 saturated carbocycles. The van der Waals surface area contributed by atoms with E-state index >= 15 is 0 Å². The van der Waals surface area contributed by atoms with Gasteiger partial charge in [0.1, 0.15) is 23.5 Å². The standard InChI is InChI=1S/C22H21FN8O3/c1-2-16(32)27-12-4-6-13(7-5-12)31-20-17(19(24)25-10-26-20)18(30-31)21(33)29-22-28-14-9-11(23)3-8-15(14)34-22/h2-3,8-10,12-13H,1,4-7H2,(H,27,32)(H2,24,25,26)(H,28,29,33)/t12-,13+. The third kappa shape index (κ3) is 3.93. The topological polar surface area (TPSA) is 154 Å². The Hall–Kier alpha value is -4.35. The Bertz CT molecular complexity index is 1420. The number of fused-ring (bicyclic) bond motifs is 2. The minimum absolute atomic E-state index is 0.0311. The Morgan fingerprint density at radius 3 is 2.79 bits per heavy atom. The minimum atomic E-state index is -0.607. The first-order valence-corrected chi connectivity index (χ1v) is 10.7. The summed E-state index contributed by atoms with van der Waals surface area (Å²) in [6, 6.07) is 3.79. The summed E-state index contributed by atoms with van der Waals surface area (Å²) in [4.78, 5) is 37.1. The van der Waals surface area contributed by atoms with Crippen molar-refractivity contribution in [3.8, 4) is 0 Å². The quantitative estimate of drug-likeness (QED) is 0.381. The van der Waals surface area contributed by atoms with Crippen molar-refractivity contribution in [2.24, 2.45) is 0 Å². The van der Waals surface area contributed by atoms with Gasteiger partial charge in [-0.05, 0) is 43.9 Å². The average molecular weight is 464 g/mol. The second-order valence-corrected chi connectivity index (χ2v) is 8.05. The molecule has 0 unspecified atom stereocenters. The highest BCUT2D eigenvalue weighted by atomic mass is 19.1. The molecule has 0 aliphatic heterocycles. The van der Waals surface area contributed by atoms with Crippen LogP contribution in [0.3, 0.4) is 0 Å². The fourth-order valence-electron chi connectivity index (χ4n) is 4.24. The molecule has 0 bridgehead atoms. The van der Waals surface area contributed by atoms with E-state index in [-0.39, 0.29) is 41.0 Å². The fourth-order valence-corrected chi connectivity index (χ4v) is 4.24. The molecule has 1 aliphatic rings. The predicted molar refractivity (Wildman–Crippen MR) is 121 cm³/mol. The SMILES string of the molecule is C=CC(=O)N[C@H]1CC[C@@H](n2nc(C(=O)Nc3nc4cc(F)ccc4o3)c3c(N)ncnc32)CC1. The van der Waals surface area contributed by atoms with Crippen molar-refractivity contribution in [1.82, 2.24) is 30.0 Å². The second kappa shape index (κ2) is 8.54. The number of benzene rings is 1. The van der Waals surface area contributed by atoms with Crippen molar-refractivity contribution < 1.29 is 18.4 Å². The van der Waals surface area contributed by atoms with E-state index in [0.717, 1.165) is 25.7 Å². The predicted octanol–water partition coefficient (Wildman–Crippen LogP) is 2.73. The number of anilines is 2. The molecule has 3 aromatic heterocycles. The molecular weight excluding hydrogens is 443 g/mol. The maximum Gasteiger partial charge on any atom is 0.302 e. The molecule has 5 rings (SSSR count). The van der Waals surface area contributed by atoms with Gasteiger partial charge in [0.15, 0.2) is 16.9 Å². The van der Waals surface area contributed by atoms with Gasteiger partial charge in [0.05, 0.1) is 11.4 Å². The van der Waals surface area contributed by atoms with Gasteiger partial charge >= 0.3 is 6.01 Å². The van der Waals surface area contributed by atoms with E-state index in [1.165, 1.54) is 30.6 Å². The van der Waals surface area contributed by atoms with Crippen LogP contribution in [0.2, 0.25) is 0 Å². The second-order valence-electron chi connectivity index (χ2n) is 8.05. The number of nitrogens with zero attached hydrogens (tertiary/aromatic N) is 5. The van der Waals surface area contributed by atoms with Gasteiger partial charge in [0.2, 0.25) is 5.91 Å². The van der Waals surface area contributed by atoms with Crippen LogP contribution < -0.4 is 16.4 Å². The number of halogens is 1. The van der Waals surface area contributed by atoms with Gasteiger partial charge in [-0.1, -0.05) is 6.58 Å². The number of nitrogens with two attached hydrogens (primary N) is 1. The highest BCUT2D eigenvalue weighted by Gasteiger charge is 2.29. The lowest BCUT2D eigenvalue weighted by Crippen LogP contribution is -2.37. The maximum absolute atomic E-state index is 13.4. The van der Waals surface area contributed by atoms with Gasteiger partial charge in [-0.3, -0.25) is 14.9 Å². The number of carbonyl (C=O) groups is 2. The molecule has 0 saturated heterocycles. The molecule has 0 spiro atoms. The van der Waals surface area contributed by atoms with Gasteiger partial charge in [0.25, 0.3) is 5.91 Å². The number of oxazole rings is 1. The molecule has 0 radical (unpaired) electrons. The molecule has 0 atom stereocenters. The normalized spacial score (nSPS) is 18.1. The lowest BCUT2D eigenvalue weighted by molar-refractivity contribution is -0.117. The van der Waals surface area contributed by atoms with Crippen LogP contribution in [0.1, 0.15) is 42.2 Å². The molecule has 174 valence electrons.